The minimum absolute atomic E-state index is 0.00677. The molecule has 2 heterocycles. The first kappa shape index (κ1) is 17.7. The largest absolute Gasteiger partial charge is 0.340 e. The molecular formula is C20H24N2O2S. The molecule has 0 aliphatic carbocycles. The highest BCUT2D eigenvalue weighted by molar-refractivity contribution is 7.10. The van der Waals surface area contributed by atoms with Crippen molar-refractivity contribution in [3.05, 3.63) is 57.3 Å². The number of benzene rings is 1. The second-order valence-electron chi connectivity index (χ2n) is 6.94. The minimum atomic E-state index is -0.506. The molecule has 0 unspecified atom stereocenters. The van der Waals surface area contributed by atoms with Crippen LogP contribution in [0.5, 0.6) is 0 Å². The molecule has 1 atom stereocenters. The Balaban J connectivity index is 1.71. The number of nitrogens with zero attached hydrogens (tertiary/aromatic N) is 1. The molecule has 0 saturated heterocycles. The van der Waals surface area contributed by atoms with E-state index in [1.807, 2.05) is 37.8 Å². The molecular weight excluding hydrogens is 332 g/mol. The fraction of sp³-hybridized carbons (Fsp3) is 0.400. The van der Waals surface area contributed by atoms with Crippen LogP contribution in [0.3, 0.4) is 0 Å². The number of fused-ring (bicyclic) bond motifs is 1. The monoisotopic (exact) mass is 356 g/mol. The molecule has 132 valence electrons. The number of aryl methyl sites for hydroxylation is 1. The molecule has 0 fully saturated rings. The van der Waals surface area contributed by atoms with Gasteiger partial charge in [0.2, 0.25) is 5.91 Å². The molecule has 4 nitrogen and oxygen atoms in total. The summed E-state index contributed by atoms with van der Waals surface area (Å²) in [5.41, 5.74) is 2.92. The van der Waals surface area contributed by atoms with Gasteiger partial charge in [-0.1, -0.05) is 31.5 Å². The van der Waals surface area contributed by atoms with Gasteiger partial charge in [0.15, 0.2) is 0 Å². The molecule has 3 rings (SSSR count). The molecule has 0 radical (unpaired) electrons. The van der Waals surface area contributed by atoms with Crippen LogP contribution >= 0.6 is 11.3 Å². The highest BCUT2D eigenvalue weighted by Crippen LogP contribution is 2.25. The van der Waals surface area contributed by atoms with Crippen molar-refractivity contribution in [2.45, 2.75) is 39.8 Å². The Bertz CT molecular complexity index is 764. The fourth-order valence-corrected chi connectivity index (χ4v) is 3.97. The average Bonchev–Trinajstić information content (AvgIpc) is 3.06. The fourth-order valence-electron chi connectivity index (χ4n) is 3.08. The summed E-state index contributed by atoms with van der Waals surface area (Å²) in [5.74, 6) is -0.154. The maximum Gasteiger partial charge on any atom is 0.251 e. The molecule has 0 spiro atoms. The second-order valence-corrected chi connectivity index (χ2v) is 7.94. The highest BCUT2D eigenvalue weighted by Gasteiger charge is 2.31. The summed E-state index contributed by atoms with van der Waals surface area (Å²) in [4.78, 5) is 28.8. The summed E-state index contributed by atoms with van der Waals surface area (Å²) in [6, 6.07) is 8.99. The van der Waals surface area contributed by atoms with Crippen LogP contribution < -0.4 is 5.32 Å². The molecule has 1 N–H and O–H groups in total. The van der Waals surface area contributed by atoms with Crippen LogP contribution in [-0.4, -0.2) is 29.3 Å². The van der Waals surface area contributed by atoms with E-state index < -0.39 is 6.04 Å². The molecule has 25 heavy (non-hydrogen) atoms. The summed E-state index contributed by atoms with van der Waals surface area (Å²) in [6.45, 7) is 7.28. The molecule has 1 aromatic heterocycles. The standard InChI is InChI=1S/C20H24N2O2S/c1-13(2)18(21-19(23)15-6-4-14(3)5-7-15)20(24)22-10-8-17-16(12-22)9-11-25-17/h4-7,9,11,13,18H,8,10,12H2,1-3H3,(H,21,23)/t18-/m0/s1. The predicted molar refractivity (Wildman–Crippen MR) is 101 cm³/mol. The molecule has 2 amide bonds. The number of carbonyl (C=O) groups is 2. The van der Waals surface area contributed by atoms with Gasteiger partial charge in [-0.2, -0.15) is 0 Å². The Labute approximate surface area is 152 Å². The molecule has 0 bridgehead atoms. The number of hydrogen-bond donors (Lipinski definition) is 1. The van der Waals surface area contributed by atoms with E-state index >= 15 is 0 Å². The number of thiophene rings is 1. The Hall–Kier alpha value is -2.14. The van der Waals surface area contributed by atoms with E-state index in [9.17, 15) is 9.59 Å². The van der Waals surface area contributed by atoms with E-state index in [0.29, 0.717) is 12.1 Å². The van der Waals surface area contributed by atoms with Crippen molar-refractivity contribution < 1.29 is 9.59 Å². The van der Waals surface area contributed by atoms with E-state index in [0.717, 1.165) is 18.5 Å². The van der Waals surface area contributed by atoms with Crippen LogP contribution in [0.25, 0.3) is 0 Å². The van der Waals surface area contributed by atoms with E-state index in [2.05, 4.69) is 16.8 Å². The molecule has 1 aromatic carbocycles. The van der Waals surface area contributed by atoms with Crippen molar-refractivity contribution in [1.82, 2.24) is 10.2 Å². The SMILES string of the molecule is Cc1ccc(C(=O)N[C@H](C(=O)N2CCc3sccc3C2)C(C)C)cc1. The lowest BCUT2D eigenvalue weighted by molar-refractivity contribution is -0.135. The van der Waals surface area contributed by atoms with E-state index in [4.69, 9.17) is 0 Å². The topological polar surface area (TPSA) is 49.4 Å². The maximum atomic E-state index is 13.0. The maximum absolute atomic E-state index is 13.0. The van der Waals surface area contributed by atoms with Crippen LogP contribution in [0, 0.1) is 12.8 Å². The van der Waals surface area contributed by atoms with Gasteiger partial charge in [-0.05, 0) is 48.4 Å². The van der Waals surface area contributed by atoms with Crippen molar-refractivity contribution in [2.24, 2.45) is 5.92 Å². The molecule has 1 aliphatic heterocycles. The van der Waals surface area contributed by atoms with Crippen molar-refractivity contribution in [3.63, 3.8) is 0 Å². The van der Waals surface area contributed by atoms with Crippen LogP contribution in [0.15, 0.2) is 35.7 Å². The first-order valence-corrected chi connectivity index (χ1v) is 9.55. The molecule has 5 heteroatoms. The van der Waals surface area contributed by atoms with Gasteiger partial charge in [-0.25, -0.2) is 0 Å². The van der Waals surface area contributed by atoms with Gasteiger partial charge in [0, 0.05) is 23.5 Å². The van der Waals surface area contributed by atoms with Gasteiger partial charge in [-0.15, -0.1) is 11.3 Å². The van der Waals surface area contributed by atoms with Crippen molar-refractivity contribution in [3.8, 4) is 0 Å². The Morgan fingerprint density at radius 3 is 2.56 bits per heavy atom. The van der Waals surface area contributed by atoms with Crippen LogP contribution in [0.4, 0.5) is 0 Å². The molecule has 2 aromatic rings. The average molecular weight is 356 g/mol. The lowest BCUT2D eigenvalue weighted by Crippen LogP contribution is -2.52. The molecule has 1 aliphatic rings. The third kappa shape index (κ3) is 3.93. The predicted octanol–water partition coefficient (Wildman–Crippen LogP) is 3.40. The second kappa shape index (κ2) is 7.40. The zero-order chi connectivity index (χ0) is 18.0. The van der Waals surface area contributed by atoms with Crippen molar-refractivity contribution in [2.75, 3.05) is 6.54 Å². The summed E-state index contributed by atoms with van der Waals surface area (Å²) >= 11 is 1.76. The number of rotatable bonds is 4. The van der Waals surface area contributed by atoms with Gasteiger partial charge in [0.25, 0.3) is 5.91 Å². The van der Waals surface area contributed by atoms with Gasteiger partial charge in [0.05, 0.1) is 0 Å². The van der Waals surface area contributed by atoms with E-state index in [1.54, 1.807) is 23.5 Å². The highest BCUT2D eigenvalue weighted by atomic mass is 32.1. The third-order valence-electron chi connectivity index (χ3n) is 4.65. The van der Waals surface area contributed by atoms with E-state index in [1.165, 1.54) is 10.4 Å². The zero-order valence-electron chi connectivity index (χ0n) is 14.9. The number of amides is 2. The van der Waals surface area contributed by atoms with Crippen LogP contribution in [-0.2, 0) is 17.8 Å². The van der Waals surface area contributed by atoms with Gasteiger partial charge in [-0.3, -0.25) is 9.59 Å². The van der Waals surface area contributed by atoms with Crippen LogP contribution in [0.1, 0.15) is 40.2 Å². The van der Waals surface area contributed by atoms with Crippen molar-refractivity contribution in [1.29, 1.82) is 0 Å². The van der Waals surface area contributed by atoms with Crippen molar-refractivity contribution >= 4 is 23.2 Å². The lowest BCUT2D eigenvalue weighted by atomic mass is 10.00. The normalized spacial score (nSPS) is 15.0. The Morgan fingerprint density at radius 1 is 1.16 bits per heavy atom. The van der Waals surface area contributed by atoms with Gasteiger partial charge < -0.3 is 10.2 Å². The minimum Gasteiger partial charge on any atom is -0.340 e. The van der Waals surface area contributed by atoms with E-state index in [-0.39, 0.29) is 17.7 Å². The zero-order valence-corrected chi connectivity index (χ0v) is 15.7. The van der Waals surface area contributed by atoms with Crippen LogP contribution in [0.2, 0.25) is 0 Å². The first-order chi connectivity index (χ1) is 12.0. The van der Waals surface area contributed by atoms with Gasteiger partial charge >= 0.3 is 0 Å². The first-order valence-electron chi connectivity index (χ1n) is 8.67. The Morgan fingerprint density at radius 2 is 1.88 bits per heavy atom. The summed E-state index contributed by atoms with van der Waals surface area (Å²) in [5, 5.41) is 5.02. The quantitative estimate of drug-likeness (QED) is 0.913. The summed E-state index contributed by atoms with van der Waals surface area (Å²) in [7, 11) is 0. The molecule has 0 saturated carbocycles. The number of carbonyl (C=O) groups excluding carboxylic acids is 2. The summed E-state index contributed by atoms with van der Waals surface area (Å²) in [6.07, 6.45) is 0.898. The smallest absolute Gasteiger partial charge is 0.251 e. The third-order valence-corrected chi connectivity index (χ3v) is 5.68. The van der Waals surface area contributed by atoms with Gasteiger partial charge in [0.1, 0.15) is 6.04 Å². The lowest BCUT2D eigenvalue weighted by Gasteiger charge is -2.32. The Kier molecular flexibility index (Phi) is 5.23. The number of hydrogen-bond acceptors (Lipinski definition) is 3. The number of nitrogens with one attached hydrogen (secondary N) is 1. The summed E-state index contributed by atoms with van der Waals surface area (Å²) < 4.78 is 0.